The van der Waals surface area contributed by atoms with Crippen molar-refractivity contribution in [3.8, 4) is 0 Å². The lowest BCUT2D eigenvalue weighted by molar-refractivity contribution is -0.144. The number of ketones is 2. The van der Waals surface area contributed by atoms with Crippen LogP contribution in [0.25, 0.3) is 6.08 Å². The van der Waals surface area contributed by atoms with Crippen molar-refractivity contribution >= 4 is 41.1 Å². The molecule has 174 valence electrons. The van der Waals surface area contributed by atoms with Crippen molar-refractivity contribution in [2.24, 2.45) is 0 Å². The molecule has 0 saturated heterocycles. The second kappa shape index (κ2) is 9.96. The van der Waals surface area contributed by atoms with E-state index in [0.29, 0.717) is 11.1 Å². The van der Waals surface area contributed by atoms with Gasteiger partial charge in [-0.15, -0.1) is 0 Å². The lowest BCUT2D eigenvalue weighted by atomic mass is 9.83. The molecule has 0 spiro atoms. The van der Waals surface area contributed by atoms with E-state index in [1.165, 1.54) is 25.1 Å². The average Bonchev–Trinajstić information content (AvgIpc) is 2.85. The van der Waals surface area contributed by atoms with Crippen molar-refractivity contribution in [1.29, 1.82) is 0 Å². The van der Waals surface area contributed by atoms with Gasteiger partial charge < -0.3 is 15.4 Å². The first-order valence-corrected chi connectivity index (χ1v) is 10.7. The normalized spacial score (nSPS) is 12.3. The van der Waals surface area contributed by atoms with Crippen molar-refractivity contribution in [3.05, 3.63) is 106 Å². The van der Waals surface area contributed by atoms with E-state index in [4.69, 9.17) is 4.74 Å². The zero-order valence-electron chi connectivity index (χ0n) is 18.7. The van der Waals surface area contributed by atoms with Crippen LogP contribution in [-0.2, 0) is 19.1 Å². The molecule has 35 heavy (non-hydrogen) atoms. The number of carbonyl (C=O) groups excluding carboxylic acids is 5. The maximum atomic E-state index is 13.1. The van der Waals surface area contributed by atoms with Crippen molar-refractivity contribution in [2.75, 3.05) is 11.9 Å². The Balaban J connectivity index is 1.49. The van der Waals surface area contributed by atoms with Gasteiger partial charge in [0, 0.05) is 23.6 Å². The Hall–Kier alpha value is -4.85. The maximum absolute atomic E-state index is 13.1. The first-order chi connectivity index (χ1) is 16.8. The molecule has 2 amide bonds. The van der Waals surface area contributed by atoms with Crippen LogP contribution in [0.15, 0.2) is 78.5 Å². The van der Waals surface area contributed by atoms with Crippen molar-refractivity contribution < 1.29 is 28.7 Å². The van der Waals surface area contributed by atoms with E-state index in [2.05, 4.69) is 10.6 Å². The first kappa shape index (κ1) is 23.3. The van der Waals surface area contributed by atoms with E-state index >= 15 is 0 Å². The molecule has 0 radical (unpaired) electrons. The SMILES string of the molecule is CC(=O)N/C(=C/c1ccccc1)C(=O)OCC(=O)Nc1cccc2c1C(=O)c1ccccc1C2=O. The molecule has 4 rings (SSSR count). The monoisotopic (exact) mass is 468 g/mol. The van der Waals surface area contributed by atoms with Crippen LogP contribution in [0.1, 0.15) is 44.3 Å². The zero-order valence-corrected chi connectivity index (χ0v) is 18.7. The van der Waals surface area contributed by atoms with E-state index < -0.39 is 24.4 Å². The second-order valence-electron chi connectivity index (χ2n) is 7.71. The number of esters is 1. The van der Waals surface area contributed by atoms with E-state index in [-0.39, 0.29) is 39.6 Å². The van der Waals surface area contributed by atoms with E-state index in [1.54, 1.807) is 60.7 Å². The highest BCUT2D eigenvalue weighted by Crippen LogP contribution is 2.31. The number of anilines is 1. The minimum absolute atomic E-state index is 0.0822. The summed E-state index contributed by atoms with van der Waals surface area (Å²) >= 11 is 0. The molecule has 0 unspecified atom stereocenters. The summed E-state index contributed by atoms with van der Waals surface area (Å²) in [6.45, 7) is 0.570. The zero-order chi connectivity index (χ0) is 24.9. The highest BCUT2D eigenvalue weighted by Gasteiger charge is 2.31. The van der Waals surface area contributed by atoms with Gasteiger partial charge in [0.15, 0.2) is 18.2 Å². The number of hydrogen-bond donors (Lipinski definition) is 2. The van der Waals surface area contributed by atoms with E-state index in [0.717, 1.165) is 0 Å². The third-order valence-corrected chi connectivity index (χ3v) is 5.20. The predicted octanol–water partition coefficient (Wildman–Crippen LogP) is 3.12. The Labute approximate surface area is 200 Å². The number of hydrogen-bond acceptors (Lipinski definition) is 6. The molecular formula is C27H20N2O6. The number of rotatable bonds is 6. The third kappa shape index (κ3) is 5.06. The van der Waals surface area contributed by atoms with Crippen molar-refractivity contribution in [3.63, 3.8) is 0 Å². The Morgan fingerprint density at radius 2 is 1.43 bits per heavy atom. The molecule has 0 aliphatic heterocycles. The van der Waals surface area contributed by atoms with Gasteiger partial charge in [0.2, 0.25) is 5.91 Å². The van der Waals surface area contributed by atoms with E-state index in [1.807, 2.05) is 0 Å². The van der Waals surface area contributed by atoms with Crippen LogP contribution >= 0.6 is 0 Å². The summed E-state index contributed by atoms with van der Waals surface area (Å²) in [5.74, 6) is -2.80. The van der Waals surface area contributed by atoms with Crippen LogP contribution in [-0.4, -0.2) is 36.0 Å². The summed E-state index contributed by atoms with van der Waals surface area (Å²) in [4.78, 5) is 62.5. The highest BCUT2D eigenvalue weighted by atomic mass is 16.5. The fraction of sp³-hybridized carbons (Fsp3) is 0.0741. The quantitative estimate of drug-likeness (QED) is 0.332. The Kier molecular flexibility index (Phi) is 6.64. The van der Waals surface area contributed by atoms with Gasteiger partial charge in [-0.3, -0.25) is 19.2 Å². The molecule has 0 saturated carbocycles. The molecule has 8 heteroatoms. The number of nitrogens with one attached hydrogen (secondary N) is 2. The first-order valence-electron chi connectivity index (χ1n) is 10.7. The van der Waals surface area contributed by atoms with Gasteiger partial charge in [-0.2, -0.15) is 0 Å². The summed E-state index contributed by atoms with van der Waals surface area (Å²) in [5, 5.41) is 4.94. The summed E-state index contributed by atoms with van der Waals surface area (Å²) in [6, 6.07) is 19.8. The number of fused-ring (bicyclic) bond motifs is 2. The Morgan fingerprint density at radius 1 is 0.800 bits per heavy atom. The second-order valence-corrected chi connectivity index (χ2v) is 7.71. The highest BCUT2D eigenvalue weighted by molar-refractivity contribution is 6.30. The van der Waals surface area contributed by atoms with Crippen molar-refractivity contribution in [1.82, 2.24) is 5.32 Å². The molecule has 1 aliphatic carbocycles. The largest absolute Gasteiger partial charge is 0.451 e. The van der Waals surface area contributed by atoms with Crippen LogP contribution in [0.4, 0.5) is 5.69 Å². The van der Waals surface area contributed by atoms with E-state index in [9.17, 15) is 24.0 Å². The van der Waals surface area contributed by atoms with Gasteiger partial charge in [0.05, 0.1) is 11.3 Å². The summed E-state index contributed by atoms with van der Waals surface area (Å²) in [5.41, 5.74) is 1.48. The standard InChI is InChI=1S/C27H20N2O6/c1-16(30)28-22(14-17-8-3-2-4-9-17)27(34)35-15-23(31)29-21-13-7-12-20-24(21)26(33)19-11-6-5-10-18(19)25(20)32/h2-14H,15H2,1H3,(H,28,30)(H,29,31)/b22-14+. The fourth-order valence-electron chi connectivity index (χ4n) is 3.70. The van der Waals surface area contributed by atoms with Crippen LogP contribution in [0.3, 0.4) is 0 Å². The minimum atomic E-state index is -0.908. The van der Waals surface area contributed by atoms with Gasteiger partial charge >= 0.3 is 5.97 Å². The van der Waals surface area contributed by atoms with Crippen LogP contribution in [0.5, 0.6) is 0 Å². The summed E-state index contributed by atoms with van der Waals surface area (Å²) in [7, 11) is 0. The maximum Gasteiger partial charge on any atom is 0.355 e. The van der Waals surface area contributed by atoms with Gasteiger partial charge in [-0.1, -0.05) is 66.7 Å². The molecule has 0 fully saturated rings. The molecule has 3 aromatic carbocycles. The number of amides is 2. The fourth-order valence-corrected chi connectivity index (χ4v) is 3.70. The third-order valence-electron chi connectivity index (χ3n) is 5.20. The molecule has 3 aromatic rings. The molecule has 8 nitrogen and oxygen atoms in total. The average molecular weight is 468 g/mol. The molecule has 0 heterocycles. The van der Waals surface area contributed by atoms with Crippen LogP contribution < -0.4 is 10.6 Å². The lowest BCUT2D eigenvalue weighted by Gasteiger charge is -2.20. The lowest BCUT2D eigenvalue weighted by Crippen LogP contribution is -2.29. The van der Waals surface area contributed by atoms with Crippen LogP contribution in [0.2, 0.25) is 0 Å². The predicted molar refractivity (Wildman–Crippen MR) is 128 cm³/mol. The van der Waals surface area contributed by atoms with Gasteiger partial charge in [0.1, 0.15) is 5.70 Å². The molecule has 0 aromatic heterocycles. The smallest absolute Gasteiger partial charge is 0.355 e. The molecule has 1 aliphatic rings. The van der Waals surface area contributed by atoms with Crippen molar-refractivity contribution in [2.45, 2.75) is 6.92 Å². The topological polar surface area (TPSA) is 119 Å². The Morgan fingerprint density at radius 3 is 2.11 bits per heavy atom. The molecular weight excluding hydrogens is 448 g/mol. The minimum Gasteiger partial charge on any atom is -0.451 e. The number of ether oxygens (including phenoxy) is 1. The molecule has 0 atom stereocenters. The van der Waals surface area contributed by atoms with Gasteiger partial charge in [-0.25, -0.2) is 4.79 Å². The summed E-state index contributed by atoms with van der Waals surface area (Å²) in [6.07, 6.45) is 1.43. The van der Waals surface area contributed by atoms with Crippen LogP contribution in [0, 0.1) is 0 Å². The number of benzene rings is 3. The van der Waals surface area contributed by atoms with Gasteiger partial charge in [-0.05, 0) is 17.7 Å². The number of carbonyl (C=O) groups is 5. The molecule has 0 bridgehead atoms. The molecule has 2 N–H and O–H groups in total. The van der Waals surface area contributed by atoms with Gasteiger partial charge in [0.25, 0.3) is 5.91 Å². The Bertz CT molecular complexity index is 1390. The summed E-state index contributed by atoms with van der Waals surface area (Å²) < 4.78 is 5.07.